The number of likely N-dealkylation sites (tertiary alicyclic amines) is 1. The third-order valence-electron chi connectivity index (χ3n) is 3.56. The molecule has 2 heterocycles. The van der Waals surface area contributed by atoms with E-state index in [-0.39, 0.29) is 19.3 Å². The minimum Gasteiger partial charge on any atom is -0.444 e. The summed E-state index contributed by atoms with van der Waals surface area (Å²) in [6.07, 6.45) is 0.185. The lowest BCUT2D eigenvalue weighted by Gasteiger charge is -2.47. The number of rotatable bonds is 1. The van der Waals surface area contributed by atoms with Crippen LogP contribution in [0.15, 0.2) is 0 Å². The van der Waals surface area contributed by atoms with Gasteiger partial charge in [-0.15, -0.1) is 0 Å². The Balaban J connectivity index is 1.98. The summed E-state index contributed by atoms with van der Waals surface area (Å²) in [6, 6.07) is 0. The summed E-state index contributed by atoms with van der Waals surface area (Å²) in [7, 11) is 0. The van der Waals surface area contributed by atoms with Gasteiger partial charge in [-0.2, -0.15) is 0 Å². The molecular formula is C12H22N2O4. The zero-order chi connectivity index (χ0) is 13.6. The number of carbonyl (C=O) groups is 1. The first kappa shape index (κ1) is 13.6. The van der Waals surface area contributed by atoms with Crippen LogP contribution in [0.1, 0.15) is 27.2 Å². The van der Waals surface area contributed by atoms with Gasteiger partial charge in [0.1, 0.15) is 11.2 Å². The Morgan fingerprint density at radius 2 is 2.06 bits per heavy atom. The standard InChI is InChI=1S/C12H22N2O4/c1-10(2,3)18-9(15)14-5-4-11(13,6-14)12(16)7-17-8-12/h16H,4-8,13H2,1-3H3. The molecule has 3 N–H and O–H groups in total. The van der Waals surface area contributed by atoms with Gasteiger partial charge in [0.25, 0.3) is 0 Å². The molecule has 6 nitrogen and oxygen atoms in total. The molecule has 0 radical (unpaired) electrons. The molecule has 104 valence electrons. The third-order valence-corrected chi connectivity index (χ3v) is 3.56. The fourth-order valence-corrected chi connectivity index (χ4v) is 2.28. The highest BCUT2D eigenvalue weighted by atomic mass is 16.6. The van der Waals surface area contributed by atoms with Gasteiger partial charge in [0, 0.05) is 13.1 Å². The SMILES string of the molecule is CC(C)(C)OC(=O)N1CCC(N)(C2(O)COC2)C1. The average Bonchev–Trinajstić information content (AvgIpc) is 2.56. The van der Waals surface area contributed by atoms with Crippen molar-refractivity contribution in [3.63, 3.8) is 0 Å². The highest BCUT2D eigenvalue weighted by Gasteiger charge is 2.56. The largest absolute Gasteiger partial charge is 0.444 e. The number of nitrogens with zero attached hydrogens (tertiary/aromatic N) is 1. The maximum absolute atomic E-state index is 11.9. The minimum absolute atomic E-state index is 0.242. The number of nitrogens with two attached hydrogens (primary N) is 1. The second-order valence-corrected chi connectivity index (χ2v) is 6.33. The van der Waals surface area contributed by atoms with Crippen LogP contribution in [0.25, 0.3) is 0 Å². The second kappa shape index (κ2) is 4.08. The average molecular weight is 258 g/mol. The molecule has 0 aromatic carbocycles. The van der Waals surface area contributed by atoms with Crippen molar-refractivity contribution in [2.45, 2.75) is 43.9 Å². The zero-order valence-electron chi connectivity index (χ0n) is 11.2. The Bertz CT molecular complexity index is 348. The molecular weight excluding hydrogens is 236 g/mol. The lowest BCUT2D eigenvalue weighted by atomic mass is 9.78. The smallest absolute Gasteiger partial charge is 0.410 e. The van der Waals surface area contributed by atoms with Crippen LogP contribution in [0, 0.1) is 0 Å². The summed E-state index contributed by atoms with van der Waals surface area (Å²) in [5, 5.41) is 10.3. The van der Waals surface area contributed by atoms with E-state index in [4.69, 9.17) is 15.2 Å². The molecule has 1 atom stereocenters. The van der Waals surface area contributed by atoms with Gasteiger partial charge in [-0.05, 0) is 27.2 Å². The number of aliphatic hydroxyl groups is 1. The van der Waals surface area contributed by atoms with Gasteiger partial charge in [-0.3, -0.25) is 0 Å². The van der Waals surface area contributed by atoms with E-state index in [1.54, 1.807) is 4.90 Å². The Labute approximate surface area is 107 Å². The van der Waals surface area contributed by atoms with Gasteiger partial charge in [-0.1, -0.05) is 0 Å². The van der Waals surface area contributed by atoms with E-state index in [1.165, 1.54) is 0 Å². The van der Waals surface area contributed by atoms with E-state index in [0.29, 0.717) is 19.5 Å². The van der Waals surface area contributed by atoms with Crippen LogP contribution in [0.5, 0.6) is 0 Å². The normalized spacial score (nSPS) is 31.1. The molecule has 1 unspecified atom stereocenters. The quantitative estimate of drug-likeness (QED) is 0.696. The summed E-state index contributed by atoms with van der Waals surface area (Å²) in [5.41, 5.74) is 3.89. The molecule has 0 aromatic rings. The second-order valence-electron chi connectivity index (χ2n) is 6.33. The molecule has 0 bridgehead atoms. The maximum atomic E-state index is 11.9. The van der Waals surface area contributed by atoms with Gasteiger partial charge < -0.3 is 25.2 Å². The number of hydrogen-bond donors (Lipinski definition) is 2. The Kier molecular flexibility index (Phi) is 3.08. The van der Waals surface area contributed by atoms with E-state index < -0.39 is 16.7 Å². The Hall–Kier alpha value is -0.850. The molecule has 0 aromatic heterocycles. The van der Waals surface area contributed by atoms with Crippen LogP contribution in [-0.2, 0) is 9.47 Å². The molecule has 0 saturated carbocycles. The van der Waals surface area contributed by atoms with Gasteiger partial charge in [0.05, 0.1) is 18.8 Å². The van der Waals surface area contributed by atoms with E-state index in [2.05, 4.69) is 0 Å². The first-order valence-corrected chi connectivity index (χ1v) is 6.22. The summed E-state index contributed by atoms with van der Waals surface area (Å²) in [5.74, 6) is 0. The minimum atomic E-state index is -1.01. The van der Waals surface area contributed by atoms with Gasteiger partial charge in [-0.25, -0.2) is 4.79 Å². The van der Waals surface area contributed by atoms with Crippen molar-refractivity contribution in [1.29, 1.82) is 0 Å². The summed E-state index contributed by atoms with van der Waals surface area (Å²) in [4.78, 5) is 13.5. The van der Waals surface area contributed by atoms with Crippen LogP contribution < -0.4 is 5.73 Å². The summed E-state index contributed by atoms with van der Waals surface area (Å²) in [6.45, 7) is 6.77. The molecule has 0 aliphatic carbocycles. The Morgan fingerprint density at radius 1 is 1.44 bits per heavy atom. The fourth-order valence-electron chi connectivity index (χ4n) is 2.28. The number of carbonyl (C=O) groups excluding carboxylic acids is 1. The molecule has 18 heavy (non-hydrogen) atoms. The van der Waals surface area contributed by atoms with E-state index in [9.17, 15) is 9.90 Å². The van der Waals surface area contributed by atoms with E-state index >= 15 is 0 Å². The van der Waals surface area contributed by atoms with E-state index in [1.807, 2.05) is 20.8 Å². The topological polar surface area (TPSA) is 85.0 Å². The van der Waals surface area contributed by atoms with Crippen molar-refractivity contribution in [2.24, 2.45) is 5.73 Å². The molecule has 2 aliphatic rings. The summed E-state index contributed by atoms with van der Waals surface area (Å²) < 4.78 is 10.3. The predicted octanol–water partition coefficient (Wildman–Crippen LogP) is 0.0860. The van der Waals surface area contributed by atoms with Crippen LogP contribution in [0.4, 0.5) is 4.79 Å². The van der Waals surface area contributed by atoms with Crippen LogP contribution in [-0.4, -0.2) is 59.1 Å². The molecule has 2 fully saturated rings. The van der Waals surface area contributed by atoms with Gasteiger partial charge >= 0.3 is 6.09 Å². The Morgan fingerprint density at radius 3 is 2.50 bits per heavy atom. The van der Waals surface area contributed by atoms with Crippen molar-refractivity contribution in [1.82, 2.24) is 4.90 Å². The fraction of sp³-hybridized carbons (Fsp3) is 0.917. The van der Waals surface area contributed by atoms with Crippen molar-refractivity contribution < 1.29 is 19.4 Å². The lowest BCUT2D eigenvalue weighted by Crippen LogP contribution is -2.71. The first-order chi connectivity index (χ1) is 8.15. The van der Waals surface area contributed by atoms with Gasteiger partial charge in [0.2, 0.25) is 0 Å². The van der Waals surface area contributed by atoms with Gasteiger partial charge in [0.15, 0.2) is 0 Å². The first-order valence-electron chi connectivity index (χ1n) is 6.22. The number of amides is 1. The zero-order valence-corrected chi connectivity index (χ0v) is 11.2. The molecule has 2 aliphatic heterocycles. The van der Waals surface area contributed by atoms with Crippen LogP contribution >= 0.6 is 0 Å². The molecule has 2 rings (SSSR count). The predicted molar refractivity (Wildman–Crippen MR) is 65.1 cm³/mol. The highest BCUT2D eigenvalue weighted by Crippen LogP contribution is 2.35. The maximum Gasteiger partial charge on any atom is 0.410 e. The highest BCUT2D eigenvalue weighted by molar-refractivity contribution is 5.68. The number of ether oxygens (including phenoxy) is 2. The number of hydrogen-bond acceptors (Lipinski definition) is 5. The van der Waals surface area contributed by atoms with Crippen molar-refractivity contribution >= 4 is 6.09 Å². The molecule has 1 amide bonds. The monoisotopic (exact) mass is 258 g/mol. The van der Waals surface area contributed by atoms with Crippen molar-refractivity contribution in [3.05, 3.63) is 0 Å². The van der Waals surface area contributed by atoms with Crippen LogP contribution in [0.3, 0.4) is 0 Å². The van der Waals surface area contributed by atoms with Crippen molar-refractivity contribution in [3.8, 4) is 0 Å². The molecule has 0 spiro atoms. The molecule has 6 heteroatoms. The van der Waals surface area contributed by atoms with E-state index in [0.717, 1.165) is 0 Å². The summed E-state index contributed by atoms with van der Waals surface area (Å²) >= 11 is 0. The lowest BCUT2D eigenvalue weighted by molar-refractivity contribution is -0.211. The third kappa shape index (κ3) is 2.32. The van der Waals surface area contributed by atoms with Crippen LogP contribution in [0.2, 0.25) is 0 Å². The van der Waals surface area contributed by atoms with Crippen molar-refractivity contribution in [2.75, 3.05) is 26.3 Å². The molecule has 2 saturated heterocycles.